The molecule has 0 aliphatic carbocycles. The summed E-state index contributed by atoms with van der Waals surface area (Å²) in [6.45, 7) is 1.16. The van der Waals surface area contributed by atoms with Gasteiger partial charge in [-0.05, 0) is 48.0 Å². The first kappa shape index (κ1) is 16.3. The highest BCUT2D eigenvalue weighted by Gasteiger charge is 2.09. The largest absolute Gasteiger partial charge is 0.352 e. The number of nitrogens with two attached hydrogens (primary N) is 1. The molecule has 1 aromatic heterocycles. The highest BCUT2D eigenvalue weighted by Crippen LogP contribution is 2.25. The van der Waals surface area contributed by atoms with E-state index in [1.165, 1.54) is 10.8 Å². The lowest BCUT2D eigenvalue weighted by Gasteiger charge is -2.04. The third-order valence-corrected chi connectivity index (χ3v) is 4.44. The van der Waals surface area contributed by atoms with E-state index in [2.05, 4.69) is 34.6 Å². The molecular formula is C21H20N4O. The lowest BCUT2D eigenvalue weighted by atomic mass is 10.1. The molecule has 3 aromatic carbocycles. The van der Waals surface area contributed by atoms with Gasteiger partial charge in [-0.15, -0.1) is 0 Å². The quantitative estimate of drug-likeness (QED) is 0.485. The van der Waals surface area contributed by atoms with Gasteiger partial charge >= 0.3 is 0 Å². The Morgan fingerprint density at radius 1 is 1.04 bits per heavy atom. The van der Waals surface area contributed by atoms with Crippen LogP contribution < -0.4 is 11.1 Å². The van der Waals surface area contributed by atoms with Crippen molar-refractivity contribution < 1.29 is 4.79 Å². The molecule has 5 nitrogen and oxygen atoms in total. The SMILES string of the molecule is NCCCNC(=O)c1ccc(-c2nc3cc4ccccc4cc3[nH]2)cc1. The zero-order chi connectivity index (χ0) is 17.9. The Hall–Kier alpha value is -3.18. The molecule has 4 rings (SSSR count). The van der Waals surface area contributed by atoms with Gasteiger partial charge in [0, 0.05) is 17.7 Å². The molecule has 0 aliphatic heterocycles. The molecule has 4 aromatic rings. The van der Waals surface area contributed by atoms with Crippen LogP contribution >= 0.6 is 0 Å². The Bertz CT molecular complexity index is 1010. The van der Waals surface area contributed by atoms with Crippen molar-refractivity contribution in [3.63, 3.8) is 0 Å². The van der Waals surface area contributed by atoms with Crippen LogP contribution in [0.3, 0.4) is 0 Å². The minimum absolute atomic E-state index is 0.0825. The lowest BCUT2D eigenvalue weighted by molar-refractivity contribution is 0.0953. The van der Waals surface area contributed by atoms with Crippen LogP contribution in [0.15, 0.2) is 60.7 Å². The summed E-state index contributed by atoms with van der Waals surface area (Å²) in [4.78, 5) is 20.1. The van der Waals surface area contributed by atoms with Gasteiger partial charge in [-0.25, -0.2) is 4.98 Å². The molecule has 0 aliphatic rings. The normalized spacial score (nSPS) is 11.1. The van der Waals surface area contributed by atoms with Gasteiger partial charge in [0.1, 0.15) is 5.82 Å². The standard InChI is InChI=1S/C21H20N4O/c22-10-3-11-23-21(26)15-8-6-14(7-9-15)20-24-18-12-16-4-1-2-5-17(16)13-19(18)25-20/h1-2,4-9,12-13H,3,10-11,22H2,(H,23,26)(H,24,25). The zero-order valence-electron chi connectivity index (χ0n) is 14.3. The number of amides is 1. The Morgan fingerprint density at radius 2 is 1.77 bits per heavy atom. The van der Waals surface area contributed by atoms with Crippen LogP contribution in [-0.4, -0.2) is 29.0 Å². The Morgan fingerprint density at radius 3 is 2.50 bits per heavy atom. The molecule has 0 unspecified atom stereocenters. The first-order chi connectivity index (χ1) is 12.7. The number of imidazole rings is 1. The third-order valence-electron chi connectivity index (χ3n) is 4.44. The minimum atomic E-state index is -0.0825. The molecular weight excluding hydrogens is 324 g/mol. The van der Waals surface area contributed by atoms with Crippen LogP contribution in [0.2, 0.25) is 0 Å². The van der Waals surface area contributed by atoms with Crippen molar-refractivity contribution in [2.75, 3.05) is 13.1 Å². The van der Waals surface area contributed by atoms with Gasteiger partial charge in [-0.1, -0.05) is 36.4 Å². The van der Waals surface area contributed by atoms with Crippen LogP contribution in [0.4, 0.5) is 0 Å². The summed E-state index contributed by atoms with van der Waals surface area (Å²) >= 11 is 0. The van der Waals surface area contributed by atoms with Crippen molar-refractivity contribution in [1.82, 2.24) is 15.3 Å². The molecule has 26 heavy (non-hydrogen) atoms. The van der Waals surface area contributed by atoms with Crippen LogP contribution in [0.5, 0.6) is 0 Å². The molecule has 1 amide bonds. The van der Waals surface area contributed by atoms with E-state index in [0.717, 1.165) is 28.8 Å². The molecule has 0 saturated carbocycles. The monoisotopic (exact) mass is 344 g/mol. The van der Waals surface area contributed by atoms with E-state index in [9.17, 15) is 4.79 Å². The van der Waals surface area contributed by atoms with E-state index in [1.807, 2.05) is 36.4 Å². The Balaban J connectivity index is 1.60. The third kappa shape index (κ3) is 3.17. The number of H-pyrrole nitrogens is 1. The topological polar surface area (TPSA) is 83.8 Å². The van der Waals surface area contributed by atoms with Crippen molar-refractivity contribution in [3.8, 4) is 11.4 Å². The Kier molecular flexibility index (Phi) is 4.37. The summed E-state index contributed by atoms with van der Waals surface area (Å²) in [6, 6.07) is 19.9. The number of hydrogen-bond acceptors (Lipinski definition) is 3. The van der Waals surface area contributed by atoms with E-state index in [1.54, 1.807) is 0 Å². The van der Waals surface area contributed by atoms with Gasteiger partial charge in [-0.2, -0.15) is 0 Å². The summed E-state index contributed by atoms with van der Waals surface area (Å²) in [6.07, 6.45) is 0.775. The van der Waals surface area contributed by atoms with Gasteiger partial charge in [0.15, 0.2) is 0 Å². The smallest absolute Gasteiger partial charge is 0.251 e. The highest BCUT2D eigenvalue weighted by atomic mass is 16.1. The number of aromatic nitrogens is 2. The predicted octanol–water partition coefficient (Wildman–Crippen LogP) is 3.46. The number of nitrogens with zero attached hydrogens (tertiary/aromatic N) is 1. The van der Waals surface area contributed by atoms with Crippen molar-refractivity contribution in [3.05, 3.63) is 66.2 Å². The van der Waals surface area contributed by atoms with Crippen LogP contribution in [0.1, 0.15) is 16.8 Å². The molecule has 1 heterocycles. The van der Waals surface area contributed by atoms with Gasteiger partial charge in [0.25, 0.3) is 5.91 Å². The maximum Gasteiger partial charge on any atom is 0.251 e. The van der Waals surface area contributed by atoms with Crippen LogP contribution in [0, 0.1) is 0 Å². The van der Waals surface area contributed by atoms with Gasteiger partial charge in [-0.3, -0.25) is 4.79 Å². The van der Waals surface area contributed by atoms with Crippen LogP contribution in [-0.2, 0) is 0 Å². The number of hydrogen-bond donors (Lipinski definition) is 3. The molecule has 130 valence electrons. The zero-order valence-corrected chi connectivity index (χ0v) is 14.3. The maximum absolute atomic E-state index is 12.1. The fraction of sp³-hybridized carbons (Fsp3) is 0.143. The van der Waals surface area contributed by atoms with Crippen molar-refractivity contribution >= 4 is 27.7 Å². The summed E-state index contributed by atoms with van der Waals surface area (Å²) in [5.41, 5.74) is 8.96. The molecule has 0 atom stereocenters. The number of aromatic amines is 1. The highest BCUT2D eigenvalue weighted by molar-refractivity contribution is 5.96. The number of nitrogens with one attached hydrogen (secondary N) is 2. The van der Waals surface area contributed by atoms with E-state index >= 15 is 0 Å². The first-order valence-corrected chi connectivity index (χ1v) is 8.72. The van der Waals surface area contributed by atoms with Gasteiger partial charge in [0.05, 0.1) is 11.0 Å². The molecule has 0 fully saturated rings. The molecule has 0 bridgehead atoms. The van der Waals surface area contributed by atoms with E-state index in [-0.39, 0.29) is 5.91 Å². The molecule has 5 heteroatoms. The molecule has 0 saturated heterocycles. The van der Waals surface area contributed by atoms with E-state index in [0.29, 0.717) is 18.7 Å². The number of carbonyl (C=O) groups excluding carboxylic acids is 1. The maximum atomic E-state index is 12.1. The Labute approximate surface area is 151 Å². The van der Waals surface area contributed by atoms with E-state index in [4.69, 9.17) is 10.7 Å². The second kappa shape index (κ2) is 6.98. The number of rotatable bonds is 5. The predicted molar refractivity (Wildman–Crippen MR) is 105 cm³/mol. The molecule has 0 radical (unpaired) electrons. The van der Waals surface area contributed by atoms with Crippen LogP contribution in [0.25, 0.3) is 33.2 Å². The minimum Gasteiger partial charge on any atom is -0.352 e. The van der Waals surface area contributed by atoms with Gasteiger partial charge < -0.3 is 16.0 Å². The van der Waals surface area contributed by atoms with Crippen molar-refractivity contribution in [2.45, 2.75) is 6.42 Å². The second-order valence-corrected chi connectivity index (χ2v) is 6.28. The average Bonchev–Trinajstić information content (AvgIpc) is 3.09. The fourth-order valence-corrected chi connectivity index (χ4v) is 3.02. The van der Waals surface area contributed by atoms with Gasteiger partial charge in [0.2, 0.25) is 0 Å². The summed E-state index contributed by atoms with van der Waals surface area (Å²) in [7, 11) is 0. The summed E-state index contributed by atoms with van der Waals surface area (Å²) in [5, 5.41) is 5.21. The van der Waals surface area contributed by atoms with E-state index < -0.39 is 0 Å². The number of carbonyl (C=O) groups is 1. The molecule has 0 spiro atoms. The van der Waals surface area contributed by atoms with Crippen molar-refractivity contribution in [2.24, 2.45) is 5.73 Å². The lowest BCUT2D eigenvalue weighted by Crippen LogP contribution is -2.25. The number of benzene rings is 3. The second-order valence-electron chi connectivity index (χ2n) is 6.28. The first-order valence-electron chi connectivity index (χ1n) is 8.72. The molecule has 4 N–H and O–H groups in total. The average molecular weight is 344 g/mol. The summed E-state index contributed by atoms with van der Waals surface area (Å²) in [5.74, 6) is 0.714. The van der Waals surface area contributed by atoms with Crippen molar-refractivity contribution in [1.29, 1.82) is 0 Å². The number of fused-ring (bicyclic) bond motifs is 2. The summed E-state index contributed by atoms with van der Waals surface area (Å²) < 4.78 is 0. The fourth-order valence-electron chi connectivity index (χ4n) is 3.02.